The molecule has 1 spiro atoms. The van der Waals surface area contributed by atoms with Crippen LogP contribution < -0.4 is 0 Å². The molecule has 204 valence electrons. The molecule has 6 atom stereocenters. The van der Waals surface area contributed by atoms with Gasteiger partial charge in [0.05, 0.1) is 37.4 Å². The summed E-state index contributed by atoms with van der Waals surface area (Å²) in [6, 6.07) is -1.54. The summed E-state index contributed by atoms with van der Waals surface area (Å²) in [5.74, 6) is -2.66. The van der Waals surface area contributed by atoms with Crippen LogP contribution in [-0.4, -0.2) is 120 Å². The Balaban J connectivity index is 1.54. The van der Waals surface area contributed by atoms with Gasteiger partial charge < -0.3 is 29.1 Å². The Labute approximate surface area is 218 Å². The molecule has 0 aromatic rings. The van der Waals surface area contributed by atoms with Crippen molar-refractivity contribution in [3.8, 4) is 0 Å². The molecule has 3 fully saturated rings. The highest BCUT2D eigenvalue weighted by Gasteiger charge is 2.75. The van der Waals surface area contributed by atoms with Crippen LogP contribution >= 0.6 is 0 Å². The van der Waals surface area contributed by atoms with Gasteiger partial charge >= 0.3 is 5.97 Å². The van der Waals surface area contributed by atoms with Crippen LogP contribution in [-0.2, 0) is 28.6 Å². The zero-order chi connectivity index (χ0) is 26.4. The fraction of sp³-hybridized carbons (Fsp3) is 0.741. The molecule has 0 radical (unpaired) electrons. The number of amides is 2. The minimum absolute atomic E-state index is 0.117. The summed E-state index contributed by atoms with van der Waals surface area (Å²) in [4.78, 5) is 47.3. The molecule has 0 saturated carbocycles. The molecule has 5 aliphatic rings. The Kier molecular flexibility index (Phi) is 7.21. The van der Waals surface area contributed by atoms with E-state index in [1.54, 1.807) is 24.0 Å². The number of morpholine rings is 1. The average Bonchev–Trinajstić information content (AvgIpc) is 3.13. The number of hydrogen-bond acceptors (Lipinski definition) is 8. The highest BCUT2D eigenvalue weighted by molar-refractivity contribution is 5.99. The standard InChI is InChI=1S/C27H39N3O7/c1-18(2)16-19(17-31)30-22-24(33)29(10-9-28-11-14-35-15-12-28)8-4-7-27(22)20(23(30)32)21-25(34)36-13-5-6-26(21,3)37-27/h4-7,18-22,31H,8-17H2,1-3H3/t19-,20+,21-,22?,26+,27+/m1/s1. The predicted octanol–water partition coefficient (Wildman–Crippen LogP) is 0.208. The van der Waals surface area contributed by atoms with Crippen LogP contribution in [0.4, 0.5) is 0 Å². The van der Waals surface area contributed by atoms with Crippen molar-refractivity contribution in [2.45, 2.75) is 50.5 Å². The number of ether oxygens (including phenoxy) is 3. The van der Waals surface area contributed by atoms with Crippen molar-refractivity contribution in [2.24, 2.45) is 17.8 Å². The molecule has 10 heteroatoms. The van der Waals surface area contributed by atoms with E-state index in [2.05, 4.69) is 4.90 Å². The second-order valence-electron chi connectivity index (χ2n) is 11.4. The quantitative estimate of drug-likeness (QED) is 0.377. The number of cyclic esters (lactones) is 1. The number of esters is 1. The molecular formula is C27H39N3O7. The van der Waals surface area contributed by atoms with E-state index in [1.807, 2.05) is 26.0 Å². The molecule has 5 rings (SSSR count). The minimum Gasteiger partial charge on any atom is -0.461 e. The van der Waals surface area contributed by atoms with E-state index in [0.717, 1.165) is 13.1 Å². The topological polar surface area (TPSA) is 109 Å². The third kappa shape index (κ3) is 4.41. The van der Waals surface area contributed by atoms with Crippen molar-refractivity contribution >= 4 is 17.8 Å². The van der Waals surface area contributed by atoms with Gasteiger partial charge in [0.25, 0.3) is 0 Å². The van der Waals surface area contributed by atoms with Gasteiger partial charge in [-0.05, 0) is 25.3 Å². The molecule has 5 heterocycles. The van der Waals surface area contributed by atoms with Crippen LogP contribution in [0.2, 0.25) is 0 Å². The molecule has 0 aliphatic carbocycles. The Morgan fingerprint density at radius 2 is 1.81 bits per heavy atom. The van der Waals surface area contributed by atoms with Crippen LogP contribution in [0.1, 0.15) is 27.2 Å². The summed E-state index contributed by atoms with van der Waals surface area (Å²) >= 11 is 0. The molecule has 2 amide bonds. The van der Waals surface area contributed by atoms with Gasteiger partial charge in [-0.2, -0.15) is 0 Å². The number of aliphatic hydroxyl groups excluding tert-OH is 1. The second-order valence-corrected chi connectivity index (χ2v) is 11.4. The minimum atomic E-state index is -1.33. The molecule has 5 aliphatic heterocycles. The van der Waals surface area contributed by atoms with Gasteiger partial charge in [-0.25, -0.2) is 0 Å². The Morgan fingerprint density at radius 1 is 1.05 bits per heavy atom. The van der Waals surface area contributed by atoms with E-state index in [4.69, 9.17) is 14.2 Å². The summed E-state index contributed by atoms with van der Waals surface area (Å²) in [6.07, 6.45) is 7.78. The van der Waals surface area contributed by atoms with Crippen molar-refractivity contribution in [3.05, 3.63) is 24.3 Å². The summed E-state index contributed by atoms with van der Waals surface area (Å²) in [6.45, 7) is 10.2. The number of hydrogen-bond donors (Lipinski definition) is 1. The summed E-state index contributed by atoms with van der Waals surface area (Å²) in [7, 11) is 0. The van der Waals surface area contributed by atoms with Gasteiger partial charge in [0.15, 0.2) is 0 Å². The fourth-order valence-electron chi connectivity index (χ4n) is 6.84. The highest BCUT2D eigenvalue weighted by atomic mass is 16.6. The molecule has 0 bridgehead atoms. The largest absolute Gasteiger partial charge is 0.461 e. The Morgan fingerprint density at radius 3 is 2.51 bits per heavy atom. The molecule has 1 unspecified atom stereocenters. The summed E-state index contributed by atoms with van der Waals surface area (Å²) < 4.78 is 17.6. The van der Waals surface area contributed by atoms with Gasteiger partial charge in [0.1, 0.15) is 24.2 Å². The van der Waals surface area contributed by atoms with Crippen molar-refractivity contribution in [2.75, 3.05) is 59.2 Å². The first-order valence-electron chi connectivity index (χ1n) is 13.5. The maximum atomic E-state index is 14.3. The molecular weight excluding hydrogens is 478 g/mol. The van der Waals surface area contributed by atoms with E-state index in [-0.39, 0.29) is 30.9 Å². The van der Waals surface area contributed by atoms with Crippen LogP contribution in [0, 0.1) is 17.8 Å². The Hall–Kier alpha value is -2.27. The van der Waals surface area contributed by atoms with Gasteiger partial charge in [-0.3, -0.25) is 19.3 Å². The van der Waals surface area contributed by atoms with Crippen LogP contribution in [0.15, 0.2) is 24.3 Å². The maximum absolute atomic E-state index is 14.3. The van der Waals surface area contributed by atoms with E-state index >= 15 is 0 Å². The average molecular weight is 518 g/mol. The lowest BCUT2D eigenvalue weighted by atomic mass is 9.75. The van der Waals surface area contributed by atoms with Gasteiger partial charge in [-0.1, -0.05) is 32.1 Å². The monoisotopic (exact) mass is 517 g/mol. The first-order chi connectivity index (χ1) is 17.7. The normalized spacial score (nSPS) is 36.8. The highest BCUT2D eigenvalue weighted by Crippen LogP contribution is 2.57. The number of fused-ring (bicyclic) bond motifs is 2. The van der Waals surface area contributed by atoms with Crippen molar-refractivity contribution < 1.29 is 33.7 Å². The van der Waals surface area contributed by atoms with E-state index in [0.29, 0.717) is 39.3 Å². The van der Waals surface area contributed by atoms with E-state index in [1.165, 1.54) is 4.90 Å². The molecule has 37 heavy (non-hydrogen) atoms. The van der Waals surface area contributed by atoms with Crippen LogP contribution in [0.3, 0.4) is 0 Å². The lowest BCUT2D eigenvalue weighted by Crippen LogP contribution is -2.59. The van der Waals surface area contributed by atoms with Crippen LogP contribution in [0.5, 0.6) is 0 Å². The first-order valence-corrected chi connectivity index (χ1v) is 13.5. The van der Waals surface area contributed by atoms with Gasteiger partial charge in [0.2, 0.25) is 11.8 Å². The lowest BCUT2D eigenvalue weighted by Gasteiger charge is -2.40. The molecule has 1 N–H and O–H groups in total. The number of carbonyl (C=O) groups excluding carboxylic acids is 3. The fourth-order valence-corrected chi connectivity index (χ4v) is 6.84. The SMILES string of the molecule is CC(C)C[C@H](CO)N1C(=O)[C@@H]2[C@@H]3C(=O)OCC=C[C@]3(C)O[C@@]23C=CCN(CCN2CCOCC2)C(=O)C13. The smallest absolute Gasteiger partial charge is 0.313 e. The van der Waals surface area contributed by atoms with Crippen molar-refractivity contribution in [1.82, 2.24) is 14.7 Å². The number of rotatable bonds is 7. The second kappa shape index (κ2) is 10.1. The van der Waals surface area contributed by atoms with Gasteiger partial charge in [-0.15, -0.1) is 0 Å². The number of aliphatic hydroxyl groups is 1. The van der Waals surface area contributed by atoms with Crippen molar-refractivity contribution in [3.63, 3.8) is 0 Å². The lowest BCUT2D eigenvalue weighted by molar-refractivity contribution is -0.160. The molecule has 3 saturated heterocycles. The predicted molar refractivity (Wildman–Crippen MR) is 133 cm³/mol. The van der Waals surface area contributed by atoms with E-state index in [9.17, 15) is 19.5 Å². The first kappa shape index (κ1) is 26.3. The van der Waals surface area contributed by atoms with E-state index < -0.39 is 41.1 Å². The molecule has 0 aromatic carbocycles. The number of likely N-dealkylation sites (tertiary alicyclic amines) is 1. The third-order valence-corrected chi connectivity index (χ3v) is 8.47. The zero-order valence-corrected chi connectivity index (χ0v) is 22.0. The van der Waals surface area contributed by atoms with Crippen molar-refractivity contribution in [1.29, 1.82) is 0 Å². The van der Waals surface area contributed by atoms with Gasteiger partial charge in [0, 0.05) is 32.7 Å². The number of carbonyl (C=O) groups is 3. The van der Waals surface area contributed by atoms with Crippen LogP contribution in [0.25, 0.3) is 0 Å². The molecule has 10 nitrogen and oxygen atoms in total. The summed E-state index contributed by atoms with van der Waals surface area (Å²) in [5, 5.41) is 10.4. The Bertz CT molecular complexity index is 977. The summed E-state index contributed by atoms with van der Waals surface area (Å²) in [5.41, 5.74) is -2.41. The zero-order valence-electron chi connectivity index (χ0n) is 22.0. The molecule has 0 aromatic heterocycles. The third-order valence-electron chi connectivity index (χ3n) is 8.47. The number of nitrogens with zero attached hydrogens (tertiary/aromatic N) is 3. The maximum Gasteiger partial charge on any atom is 0.313 e.